The van der Waals surface area contributed by atoms with Crippen molar-refractivity contribution in [3.63, 3.8) is 0 Å². The number of hydrogen-bond donors (Lipinski definition) is 2. The third-order valence-electron chi connectivity index (χ3n) is 0.808. The van der Waals surface area contributed by atoms with E-state index in [9.17, 15) is 4.79 Å². The van der Waals surface area contributed by atoms with Gasteiger partial charge in [0.15, 0.2) is 0 Å². The summed E-state index contributed by atoms with van der Waals surface area (Å²) < 4.78 is 4.43. The van der Waals surface area contributed by atoms with Crippen LogP contribution in [0.2, 0.25) is 0 Å². The molecule has 0 fully saturated rings. The summed E-state index contributed by atoms with van der Waals surface area (Å²) in [5, 5.41) is 17.2. The van der Waals surface area contributed by atoms with Crippen molar-refractivity contribution in [1.82, 2.24) is 0 Å². The van der Waals surface area contributed by atoms with Crippen molar-refractivity contribution in [2.24, 2.45) is 0 Å². The average Bonchev–Trinajstić information content (AvgIpc) is 1.82. The monoisotopic (exact) mass is 148 g/mol. The molecule has 0 aliphatic rings. The van der Waals surface area contributed by atoms with E-state index in [1.165, 1.54) is 13.8 Å². The molecule has 10 heavy (non-hydrogen) atoms. The van der Waals surface area contributed by atoms with Crippen molar-refractivity contribution in [2.75, 3.05) is 6.61 Å². The predicted molar refractivity (Wildman–Crippen MR) is 34.3 cm³/mol. The summed E-state index contributed by atoms with van der Waals surface area (Å²) in [4.78, 5) is 10.5. The fourth-order valence-electron chi connectivity index (χ4n) is 0.323. The molecule has 0 aromatic carbocycles. The molecule has 4 nitrogen and oxygen atoms in total. The molecular weight excluding hydrogens is 136 g/mol. The smallest absolute Gasteiger partial charge is 0.334 e. The molecular formula is C6H12O4. The van der Waals surface area contributed by atoms with E-state index < -0.39 is 18.2 Å². The lowest BCUT2D eigenvalue weighted by Gasteiger charge is -2.07. The summed E-state index contributed by atoms with van der Waals surface area (Å²) in [5.41, 5.74) is 0. The molecule has 4 heteroatoms. The molecule has 0 saturated heterocycles. The summed E-state index contributed by atoms with van der Waals surface area (Å²) in [6.07, 6.45) is -1.79. The van der Waals surface area contributed by atoms with Gasteiger partial charge in [0.05, 0.1) is 6.10 Å². The zero-order valence-electron chi connectivity index (χ0n) is 6.07. The van der Waals surface area contributed by atoms with Gasteiger partial charge in [-0.15, -0.1) is 0 Å². The van der Waals surface area contributed by atoms with Crippen LogP contribution in [0.1, 0.15) is 13.8 Å². The Morgan fingerprint density at radius 2 is 2.00 bits per heavy atom. The van der Waals surface area contributed by atoms with Gasteiger partial charge in [0.2, 0.25) is 0 Å². The Labute approximate surface area is 59.4 Å². The highest BCUT2D eigenvalue weighted by Crippen LogP contribution is 1.88. The molecule has 0 rings (SSSR count). The molecule has 0 radical (unpaired) electrons. The van der Waals surface area contributed by atoms with Crippen LogP contribution < -0.4 is 0 Å². The molecule has 0 aromatic rings. The minimum Gasteiger partial charge on any atom is -0.461 e. The Morgan fingerprint density at radius 1 is 1.50 bits per heavy atom. The number of ether oxygens (including phenoxy) is 1. The maximum atomic E-state index is 10.5. The van der Waals surface area contributed by atoms with Gasteiger partial charge in [-0.05, 0) is 13.8 Å². The summed E-state index contributed by atoms with van der Waals surface area (Å²) in [7, 11) is 0. The molecule has 0 aromatic heterocycles. The molecule has 2 atom stereocenters. The van der Waals surface area contributed by atoms with Crippen molar-refractivity contribution >= 4 is 5.97 Å². The second kappa shape index (κ2) is 4.24. The standard InChI is InChI=1S/C6H12O4/c1-4(7)3-10-6(9)5(2)8/h4-5,7-8H,3H2,1-2H3/t4?,5-/m0/s1. The van der Waals surface area contributed by atoms with Gasteiger partial charge in [0.1, 0.15) is 12.7 Å². The van der Waals surface area contributed by atoms with Gasteiger partial charge in [-0.1, -0.05) is 0 Å². The van der Waals surface area contributed by atoms with Gasteiger partial charge in [-0.2, -0.15) is 0 Å². The number of hydrogen-bond acceptors (Lipinski definition) is 4. The van der Waals surface area contributed by atoms with Gasteiger partial charge in [-0.3, -0.25) is 0 Å². The fourth-order valence-corrected chi connectivity index (χ4v) is 0.323. The lowest BCUT2D eigenvalue weighted by Crippen LogP contribution is -2.23. The van der Waals surface area contributed by atoms with Crippen molar-refractivity contribution in [1.29, 1.82) is 0 Å². The maximum absolute atomic E-state index is 10.5. The van der Waals surface area contributed by atoms with Crippen LogP contribution in [0.15, 0.2) is 0 Å². The largest absolute Gasteiger partial charge is 0.461 e. The van der Waals surface area contributed by atoms with E-state index in [1.54, 1.807) is 0 Å². The van der Waals surface area contributed by atoms with Crippen LogP contribution in [0.4, 0.5) is 0 Å². The minimum atomic E-state index is -1.11. The topological polar surface area (TPSA) is 66.8 Å². The van der Waals surface area contributed by atoms with Crippen LogP contribution in [-0.4, -0.2) is 35.0 Å². The van der Waals surface area contributed by atoms with Gasteiger partial charge in [-0.25, -0.2) is 4.79 Å². The number of rotatable bonds is 3. The number of carbonyl (C=O) groups is 1. The maximum Gasteiger partial charge on any atom is 0.334 e. The van der Waals surface area contributed by atoms with Crippen molar-refractivity contribution < 1.29 is 19.7 Å². The number of esters is 1. The molecule has 0 aliphatic carbocycles. The van der Waals surface area contributed by atoms with Crippen LogP contribution >= 0.6 is 0 Å². The highest BCUT2D eigenvalue weighted by atomic mass is 16.6. The van der Waals surface area contributed by atoms with Crippen LogP contribution in [0.5, 0.6) is 0 Å². The first-order chi connectivity index (χ1) is 4.54. The number of aliphatic hydroxyl groups excluding tert-OH is 2. The van der Waals surface area contributed by atoms with Gasteiger partial charge in [0.25, 0.3) is 0 Å². The van der Waals surface area contributed by atoms with Crippen LogP contribution in [-0.2, 0) is 9.53 Å². The van der Waals surface area contributed by atoms with Gasteiger partial charge < -0.3 is 14.9 Å². The van der Waals surface area contributed by atoms with Gasteiger partial charge >= 0.3 is 5.97 Å². The van der Waals surface area contributed by atoms with E-state index in [4.69, 9.17) is 10.2 Å². The third-order valence-corrected chi connectivity index (χ3v) is 0.808. The van der Waals surface area contributed by atoms with Crippen LogP contribution in [0.3, 0.4) is 0 Å². The summed E-state index contributed by atoms with van der Waals surface area (Å²) in [5.74, 6) is -0.707. The first-order valence-electron chi connectivity index (χ1n) is 3.06. The molecule has 2 N–H and O–H groups in total. The van der Waals surface area contributed by atoms with Crippen molar-refractivity contribution in [2.45, 2.75) is 26.1 Å². The fraction of sp³-hybridized carbons (Fsp3) is 0.833. The first kappa shape index (κ1) is 9.39. The Bertz CT molecular complexity index is 108. The highest BCUT2D eigenvalue weighted by molar-refractivity contribution is 5.73. The van der Waals surface area contributed by atoms with E-state index in [1.807, 2.05) is 0 Å². The van der Waals surface area contributed by atoms with Gasteiger partial charge in [0, 0.05) is 0 Å². The zero-order valence-corrected chi connectivity index (χ0v) is 6.07. The zero-order chi connectivity index (χ0) is 8.15. The number of aliphatic hydroxyl groups is 2. The lowest BCUT2D eigenvalue weighted by molar-refractivity contribution is -0.155. The Morgan fingerprint density at radius 3 is 2.30 bits per heavy atom. The molecule has 0 spiro atoms. The highest BCUT2D eigenvalue weighted by Gasteiger charge is 2.10. The molecule has 0 saturated carbocycles. The summed E-state index contributed by atoms with van der Waals surface area (Å²) in [6, 6.07) is 0. The normalized spacial score (nSPS) is 16.0. The lowest BCUT2D eigenvalue weighted by atomic mass is 10.4. The second-order valence-electron chi connectivity index (χ2n) is 2.16. The van der Waals surface area contributed by atoms with E-state index >= 15 is 0 Å². The van der Waals surface area contributed by atoms with Crippen LogP contribution in [0, 0.1) is 0 Å². The molecule has 0 heterocycles. The van der Waals surface area contributed by atoms with E-state index in [2.05, 4.69) is 4.74 Å². The van der Waals surface area contributed by atoms with E-state index in [0.717, 1.165) is 0 Å². The minimum absolute atomic E-state index is 0.0657. The predicted octanol–water partition coefficient (Wildman–Crippen LogP) is -0.709. The first-order valence-corrected chi connectivity index (χ1v) is 3.06. The summed E-state index contributed by atoms with van der Waals surface area (Å²) >= 11 is 0. The SMILES string of the molecule is CC(O)COC(=O)[C@H](C)O. The Kier molecular flexibility index (Phi) is 3.99. The average molecular weight is 148 g/mol. The molecule has 0 aliphatic heterocycles. The van der Waals surface area contributed by atoms with Crippen molar-refractivity contribution in [3.05, 3.63) is 0 Å². The Balaban J connectivity index is 3.40. The Hall–Kier alpha value is -0.610. The molecule has 1 unspecified atom stereocenters. The second-order valence-corrected chi connectivity index (χ2v) is 2.16. The van der Waals surface area contributed by atoms with Crippen molar-refractivity contribution in [3.8, 4) is 0 Å². The molecule has 0 bridgehead atoms. The quantitative estimate of drug-likeness (QED) is 0.519. The third kappa shape index (κ3) is 4.29. The molecule has 0 amide bonds. The number of carbonyl (C=O) groups excluding carboxylic acids is 1. The molecule has 60 valence electrons. The van der Waals surface area contributed by atoms with E-state index in [0.29, 0.717) is 0 Å². The van der Waals surface area contributed by atoms with Crippen LogP contribution in [0.25, 0.3) is 0 Å². The summed E-state index contributed by atoms with van der Waals surface area (Å²) in [6.45, 7) is 2.74. The van der Waals surface area contributed by atoms with E-state index in [-0.39, 0.29) is 6.61 Å².